The molecule has 1 aliphatic rings. The van der Waals surface area contributed by atoms with Gasteiger partial charge in [0.2, 0.25) is 5.91 Å². The van der Waals surface area contributed by atoms with Crippen molar-refractivity contribution < 1.29 is 4.79 Å². The summed E-state index contributed by atoms with van der Waals surface area (Å²) in [5.41, 5.74) is 0.498. The van der Waals surface area contributed by atoms with Gasteiger partial charge < -0.3 is 15.5 Å². The van der Waals surface area contributed by atoms with Crippen LogP contribution in [0.4, 0.5) is 5.69 Å². The van der Waals surface area contributed by atoms with E-state index in [1.54, 1.807) is 18.2 Å². The van der Waals surface area contributed by atoms with Crippen LogP contribution >= 0.6 is 35.6 Å². The van der Waals surface area contributed by atoms with Crippen LogP contribution in [0.1, 0.15) is 19.3 Å². The first-order chi connectivity index (χ1) is 10.1. The van der Waals surface area contributed by atoms with Crippen LogP contribution in [0.2, 0.25) is 10.0 Å². The maximum Gasteiger partial charge on any atom is 0.225 e. The van der Waals surface area contributed by atoms with Crippen LogP contribution in [-0.2, 0) is 4.79 Å². The minimum Gasteiger partial charge on any atom is -0.324 e. The molecule has 1 aromatic rings. The summed E-state index contributed by atoms with van der Waals surface area (Å²) in [7, 11) is 1.99. The van der Waals surface area contributed by atoms with Crippen LogP contribution in [-0.4, -0.2) is 43.5 Å². The van der Waals surface area contributed by atoms with Crippen LogP contribution in [0, 0.1) is 0 Å². The average Bonchev–Trinajstić information content (AvgIpc) is 2.49. The van der Waals surface area contributed by atoms with E-state index in [1.165, 1.54) is 12.8 Å². The van der Waals surface area contributed by atoms with Gasteiger partial charge in [0, 0.05) is 25.6 Å². The number of para-hydroxylation sites is 1. The average molecular weight is 367 g/mol. The molecule has 1 unspecified atom stereocenters. The number of rotatable bonds is 5. The van der Waals surface area contributed by atoms with E-state index in [-0.39, 0.29) is 18.3 Å². The number of halogens is 3. The molecule has 7 heteroatoms. The second kappa shape index (κ2) is 9.58. The molecule has 0 radical (unpaired) electrons. The van der Waals surface area contributed by atoms with E-state index in [9.17, 15) is 4.79 Å². The number of likely N-dealkylation sites (tertiary alicyclic amines) is 1. The molecule has 1 fully saturated rings. The molecule has 1 saturated heterocycles. The maximum atomic E-state index is 12.0. The fourth-order valence-corrected chi connectivity index (χ4v) is 3.07. The zero-order valence-electron chi connectivity index (χ0n) is 12.6. The molecule has 1 aromatic carbocycles. The van der Waals surface area contributed by atoms with E-state index < -0.39 is 0 Å². The molecule has 22 heavy (non-hydrogen) atoms. The second-order valence-electron chi connectivity index (χ2n) is 5.32. The summed E-state index contributed by atoms with van der Waals surface area (Å²) in [6.07, 6.45) is 2.82. The van der Waals surface area contributed by atoms with Gasteiger partial charge >= 0.3 is 0 Å². The fraction of sp³-hybridized carbons (Fsp3) is 0.533. The lowest BCUT2D eigenvalue weighted by atomic mass is 10.1. The third-order valence-electron chi connectivity index (χ3n) is 3.80. The molecule has 1 heterocycles. The van der Waals surface area contributed by atoms with Crippen LogP contribution in [0.5, 0.6) is 0 Å². The van der Waals surface area contributed by atoms with E-state index in [4.69, 9.17) is 23.2 Å². The number of nitrogens with zero attached hydrogens (tertiary/aromatic N) is 1. The molecule has 0 spiro atoms. The lowest BCUT2D eigenvalue weighted by Gasteiger charge is -2.32. The number of benzene rings is 1. The van der Waals surface area contributed by atoms with E-state index >= 15 is 0 Å². The largest absolute Gasteiger partial charge is 0.324 e. The Morgan fingerprint density at radius 3 is 2.68 bits per heavy atom. The molecule has 0 aliphatic carbocycles. The highest BCUT2D eigenvalue weighted by Gasteiger charge is 2.19. The number of likely N-dealkylation sites (N-methyl/N-ethyl adjacent to an activating group) is 1. The molecule has 2 N–H and O–H groups in total. The van der Waals surface area contributed by atoms with Crippen molar-refractivity contribution in [3.63, 3.8) is 0 Å². The summed E-state index contributed by atoms with van der Waals surface area (Å²) in [5.74, 6) is -0.0587. The van der Waals surface area contributed by atoms with Crippen molar-refractivity contribution >= 4 is 47.2 Å². The van der Waals surface area contributed by atoms with Gasteiger partial charge in [0.1, 0.15) is 0 Å². The van der Waals surface area contributed by atoms with Crippen molar-refractivity contribution in [1.29, 1.82) is 0 Å². The summed E-state index contributed by atoms with van der Waals surface area (Å²) in [4.78, 5) is 14.4. The molecule has 2 rings (SSSR count). The van der Waals surface area contributed by atoms with Crippen LogP contribution in [0.25, 0.3) is 0 Å². The Kier molecular flexibility index (Phi) is 8.50. The molecular formula is C15H22Cl3N3O. The van der Waals surface area contributed by atoms with Gasteiger partial charge in [-0.25, -0.2) is 0 Å². The summed E-state index contributed by atoms with van der Waals surface area (Å²) < 4.78 is 0. The van der Waals surface area contributed by atoms with Gasteiger partial charge in [-0.1, -0.05) is 29.3 Å². The fourth-order valence-electron chi connectivity index (χ4n) is 2.57. The van der Waals surface area contributed by atoms with Crippen molar-refractivity contribution in [2.24, 2.45) is 0 Å². The zero-order valence-corrected chi connectivity index (χ0v) is 14.9. The topological polar surface area (TPSA) is 44.4 Å². The minimum atomic E-state index is -0.0587. The summed E-state index contributed by atoms with van der Waals surface area (Å²) in [6, 6.07) is 5.71. The molecule has 0 aromatic heterocycles. The van der Waals surface area contributed by atoms with E-state index in [1.807, 2.05) is 7.05 Å². The van der Waals surface area contributed by atoms with Crippen molar-refractivity contribution in [3.8, 4) is 0 Å². The number of carbonyl (C=O) groups is 1. The second-order valence-corrected chi connectivity index (χ2v) is 6.14. The van der Waals surface area contributed by atoms with Gasteiger partial charge in [0.05, 0.1) is 15.7 Å². The minimum absolute atomic E-state index is 0. The number of anilines is 1. The summed E-state index contributed by atoms with van der Waals surface area (Å²) >= 11 is 12.1. The molecule has 4 nitrogen and oxygen atoms in total. The molecule has 1 amide bonds. The highest BCUT2D eigenvalue weighted by molar-refractivity contribution is 6.39. The SMILES string of the molecule is CNC1CCCN(CCC(=O)Nc2c(Cl)cccc2Cl)C1.Cl. The predicted octanol–water partition coefficient (Wildman–Crippen LogP) is 3.43. The quantitative estimate of drug-likeness (QED) is 0.839. The highest BCUT2D eigenvalue weighted by Crippen LogP contribution is 2.29. The Morgan fingerprint density at radius 1 is 1.36 bits per heavy atom. The standard InChI is InChI=1S/C15H21Cl2N3O.ClH/c1-18-11-4-3-8-20(10-11)9-7-14(21)19-15-12(16)5-2-6-13(15)17;/h2,5-6,11,18H,3-4,7-10H2,1H3,(H,19,21);1H. The number of carbonyl (C=O) groups excluding carboxylic acids is 1. The molecular weight excluding hydrogens is 345 g/mol. The number of amides is 1. The van der Waals surface area contributed by atoms with E-state index in [0.29, 0.717) is 28.2 Å². The lowest BCUT2D eigenvalue weighted by Crippen LogP contribution is -2.45. The van der Waals surface area contributed by atoms with Gasteiger partial charge in [-0.2, -0.15) is 0 Å². The van der Waals surface area contributed by atoms with Crippen LogP contribution in [0.3, 0.4) is 0 Å². The summed E-state index contributed by atoms with van der Waals surface area (Å²) in [6.45, 7) is 2.81. The van der Waals surface area contributed by atoms with Crippen molar-refractivity contribution in [1.82, 2.24) is 10.2 Å². The Hall–Kier alpha value is -0.520. The van der Waals surface area contributed by atoms with Crippen LogP contribution in [0.15, 0.2) is 18.2 Å². The summed E-state index contributed by atoms with van der Waals surface area (Å²) in [5, 5.41) is 7.02. The molecule has 1 atom stereocenters. The van der Waals surface area contributed by atoms with Gasteiger partial charge in [-0.05, 0) is 38.6 Å². The first-order valence-corrected chi connectivity index (χ1v) is 7.99. The molecule has 124 valence electrons. The van der Waals surface area contributed by atoms with Crippen molar-refractivity contribution in [2.45, 2.75) is 25.3 Å². The number of hydrogen-bond donors (Lipinski definition) is 2. The Balaban J connectivity index is 0.00000242. The lowest BCUT2D eigenvalue weighted by molar-refractivity contribution is -0.116. The number of nitrogens with one attached hydrogen (secondary N) is 2. The molecule has 1 aliphatic heterocycles. The molecule has 0 saturated carbocycles. The zero-order chi connectivity index (χ0) is 15.2. The van der Waals surface area contributed by atoms with Gasteiger partial charge in [0.15, 0.2) is 0 Å². The Labute approximate surface area is 147 Å². The predicted molar refractivity (Wildman–Crippen MR) is 95.5 cm³/mol. The highest BCUT2D eigenvalue weighted by atomic mass is 35.5. The first-order valence-electron chi connectivity index (χ1n) is 7.23. The normalized spacial score (nSPS) is 18.6. The van der Waals surface area contributed by atoms with Gasteiger partial charge in [-0.15, -0.1) is 12.4 Å². The van der Waals surface area contributed by atoms with Gasteiger partial charge in [0.25, 0.3) is 0 Å². The smallest absolute Gasteiger partial charge is 0.225 e. The van der Waals surface area contributed by atoms with Crippen molar-refractivity contribution in [3.05, 3.63) is 28.2 Å². The first kappa shape index (κ1) is 19.5. The third kappa shape index (κ3) is 5.60. The van der Waals surface area contributed by atoms with E-state index in [0.717, 1.165) is 19.6 Å². The van der Waals surface area contributed by atoms with Crippen LogP contribution < -0.4 is 10.6 Å². The van der Waals surface area contributed by atoms with Crippen molar-refractivity contribution in [2.75, 3.05) is 32.0 Å². The number of hydrogen-bond acceptors (Lipinski definition) is 3. The monoisotopic (exact) mass is 365 g/mol. The van der Waals surface area contributed by atoms with E-state index in [2.05, 4.69) is 15.5 Å². The maximum absolute atomic E-state index is 12.0. The number of piperidine rings is 1. The molecule has 0 bridgehead atoms. The Morgan fingerprint density at radius 2 is 2.05 bits per heavy atom. The Bertz CT molecular complexity index is 479. The third-order valence-corrected chi connectivity index (χ3v) is 4.43. The van der Waals surface area contributed by atoms with Gasteiger partial charge in [-0.3, -0.25) is 4.79 Å².